The van der Waals surface area contributed by atoms with Gasteiger partial charge in [0.2, 0.25) is 5.91 Å². The molecule has 1 N–H and O–H groups in total. The Balaban J connectivity index is 5.10. The quantitative estimate of drug-likeness (QED) is 0.0212. The summed E-state index contributed by atoms with van der Waals surface area (Å²) < 4.78 is 30.3. The van der Waals surface area contributed by atoms with E-state index in [1.165, 1.54) is 173 Å². The van der Waals surface area contributed by atoms with Crippen LogP contribution in [0.15, 0.2) is 60.8 Å². The second-order valence-electron chi connectivity index (χ2n) is 22.9. The number of unbranched alkanes of at least 4 members (excludes halogenated alkanes) is 34. The first kappa shape index (κ1) is 73.7. The monoisotopic (exact) mass is 1090 g/mol. The van der Waals surface area contributed by atoms with Crippen LogP contribution < -0.4 is 10.2 Å². The minimum Gasteiger partial charge on any atom is -0.756 e. The molecule has 0 aromatic carbocycles. The van der Waals surface area contributed by atoms with Crippen LogP contribution in [-0.4, -0.2) is 69.4 Å². The molecule has 0 rings (SSSR count). The van der Waals surface area contributed by atoms with Crippen molar-refractivity contribution >= 4 is 19.7 Å². The summed E-state index contributed by atoms with van der Waals surface area (Å²) in [5.41, 5.74) is 0. The van der Waals surface area contributed by atoms with Crippen molar-refractivity contribution in [3.63, 3.8) is 0 Å². The Morgan fingerprint density at radius 1 is 0.461 bits per heavy atom. The predicted octanol–water partition coefficient (Wildman–Crippen LogP) is 19.2. The molecule has 0 aliphatic carbocycles. The number of ether oxygens (including phenoxy) is 1. The van der Waals surface area contributed by atoms with Gasteiger partial charge in [-0.05, 0) is 76.7 Å². The Bertz CT molecular complexity index is 1490. The molecule has 444 valence electrons. The van der Waals surface area contributed by atoms with Gasteiger partial charge in [-0.25, -0.2) is 0 Å². The van der Waals surface area contributed by atoms with Gasteiger partial charge in [0.05, 0.1) is 33.8 Å². The van der Waals surface area contributed by atoms with E-state index in [0.29, 0.717) is 17.4 Å². The molecule has 3 unspecified atom stereocenters. The van der Waals surface area contributed by atoms with Gasteiger partial charge in [-0.2, -0.15) is 0 Å². The van der Waals surface area contributed by atoms with Crippen molar-refractivity contribution in [3.8, 4) is 0 Å². The average molecular weight is 1090 g/mol. The van der Waals surface area contributed by atoms with Crippen LogP contribution in [0, 0.1) is 0 Å². The molecule has 0 saturated heterocycles. The van der Waals surface area contributed by atoms with E-state index in [1.807, 2.05) is 33.3 Å². The first-order valence-electron chi connectivity index (χ1n) is 32.1. The lowest BCUT2D eigenvalue weighted by Crippen LogP contribution is -2.47. The lowest BCUT2D eigenvalue weighted by molar-refractivity contribution is -0.870. The highest BCUT2D eigenvalue weighted by Gasteiger charge is 2.27. The van der Waals surface area contributed by atoms with E-state index in [4.69, 9.17) is 13.8 Å². The van der Waals surface area contributed by atoms with Gasteiger partial charge in [0.25, 0.3) is 7.82 Å². The summed E-state index contributed by atoms with van der Waals surface area (Å²) >= 11 is 0. The van der Waals surface area contributed by atoms with E-state index in [0.717, 1.165) is 89.9 Å². The topological polar surface area (TPSA) is 114 Å². The van der Waals surface area contributed by atoms with E-state index >= 15 is 0 Å². The van der Waals surface area contributed by atoms with Gasteiger partial charge in [-0.15, -0.1) is 0 Å². The zero-order valence-electron chi connectivity index (χ0n) is 50.7. The number of phosphoric acid groups is 1. The molecule has 0 aromatic heterocycles. The molecule has 0 fully saturated rings. The second-order valence-corrected chi connectivity index (χ2v) is 24.3. The second kappa shape index (κ2) is 56.0. The number of hydrogen-bond acceptors (Lipinski definition) is 7. The largest absolute Gasteiger partial charge is 0.756 e. The van der Waals surface area contributed by atoms with E-state index in [9.17, 15) is 19.0 Å². The Morgan fingerprint density at radius 3 is 1.22 bits per heavy atom. The maximum Gasteiger partial charge on any atom is 0.306 e. The number of rotatable bonds is 58. The zero-order valence-corrected chi connectivity index (χ0v) is 51.6. The Morgan fingerprint density at radius 2 is 0.803 bits per heavy atom. The van der Waals surface area contributed by atoms with Crippen molar-refractivity contribution in [3.05, 3.63) is 60.8 Å². The number of allylic oxidation sites excluding steroid dienone is 9. The smallest absolute Gasteiger partial charge is 0.306 e. The van der Waals surface area contributed by atoms with Crippen LogP contribution in [0.2, 0.25) is 0 Å². The highest BCUT2D eigenvalue weighted by molar-refractivity contribution is 7.45. The number of nitrogens with one attached hydrogen (secondary N) is 1. The third-order valence-corrected chi connectivity index (χ3v) is 15.2. The molecular formula is C66H123N2O7P. The van der Waals surface area contributed by atoms with E-state index in [2.05, 4.69) is 74.7 Å². The van der Waals surface area contributed by atoms with Gasteiger partial charge in [0, 0.05) is 12.8 Å². The average Bonchev–Trinajstić information content (AvgIpc) is 3.38. The van der Waals surface area contributed by atoms with Crippen LogP contribution in [0.25, 0.3) is 0 Å². The number of likely N-dealkylation sites (N-methyl/N-ethyl adjacent to an activating group) is 1. The van der Waals surface area contributed by atoms with Crippen molar-refractivity contribution in [2.45, 2.75) is 309 Å². The fourth-order valence-electron chi connectivity index (χ4n) is 9.21. The number of hydrogen-bond donors (Lipinski definition) is 1. The minimum absolute atomic E-state index is 0.0230. The van der Waals surface area contributed by atoms with Gasteiger partial charge < -0.3 is 28.5 Å². The SMILES string of the molecule is CCCCC/C=C\C/C=C\C/C=C\C/C=C\CCCCCCCCCCCC(=O)OC(/C=C\CCCCCCCCCCC)C(COP(=O)([O-])OCC[N+](C)(C)C)NC(=O)CCCCCCCCCCCCCCCC. The van der Waals surface area contributed by atoms with Crippen molar-refractivity contribution in [1.29, 1.82) is 0 Å². The molecule has 76 heavy (non-hydrogen) atoms. The van der Waals surface area contributed by atoms with Crippen LogP contribution in [-0.2, 0) is 27.9 Å². The highest BCUT2D eigenvalue weighted by Crippen LogP contribution is 2.38. The molecule has 0 heterocycles. The molecular weight excluding hydrogens is 964 g/mol. The van der Waals surface area contributed by atoms with Gasteiger partial charge in [0.1, 0.15) is 19.3 Å². The summed E-state index contributed by atoms with van der Waals surface area (Å²) in [6.07, 6.45) is 70.4. The highest BCUT2D eigenvalue weighted by atomic mass is 31.2. The number of carbonyl (C=O) groups is 2. The van der Waals surface area contributed by atoms with Crippen molar-refractivity contribution in [2.24, 2.45) is 0 Å². The van der Waals surface area contributed by atoms with E-state index in [-0.39, 0.29) is 31.5 Å². The lowest BCUT2D eigenvalue weighted by Gasteiger charge is -2.30. The van der Waals surface area contributed by atoms with Gasteiger partial charge >= 0.3 is 5.97 Å². The maximum atomic E-state index is 13.5. The normalized spacial score (nSPS) is 14.0. The van der Waals surface area contributed by atoms with E-state index in [1.54, 1.807) is 0 Å². The summed E-state index contributed by atoms with van der Waals surface area (Å²) in [6.45, 7) is 6.82. The molecule has 3 atom stereocenters. The van der Waals surface area contributed by atoms with Crippen LogP contribution >= 0.6 is 7.82 Å². The van der Waals surface area contributed by atoms with Gasteiger partial charge in [-0.1, -0.05) is 268 Å². The standard InChI is InChI=1S/C66H123N2O7P/c1-7-10-13-16-19-22-25-27-29-30-31-32-33-34-35-36-37-38-39-41-44-47-50-53-56-59-66(70)75-64(57-54-51-48-45-42-24-21-18-15-12-9-3)63(62-74-76(71,72)73-61-60-68(4,5)6)67-65(69)58-55-52-49-46-43-40-28-26-23-20-17-14-11-8-2/h19,22,27,29,31-32,34-35,54,57,63-64H,7-18,20-21,23-26,28,30,33,36-53,55-56,58-62H2,1-6H3,(H-,67,69,71,72)/b22-19-,29-27-,32-31-,35-34-,57-54-. The molecule has 0 radical (unpaired) electrons. The third kappa shape index (κ3) is 56.4. The number of amides is 1. The first-order chi connectivity index (χ1) is 36.9. The van der Waals surface area contributed by atoms with Gasteiger partial charge in [0.15, 0.2) is 0 Å². The van der Waals surface area contributed by atoms with Crippen molar-refractivity contribution < 1.29 is 37.3 Å². The fraction of sp³-hybridized carbons (Fsp3) is 0.818. The zero-order chi connectivity index (χ0) is 55.7. The van der Waals surface area contributed by atoms with Crippen LogP contribution in [0.5, 0.6) is 0 Å². The summed E-state index contributed by atoms with van der Waals surface area (Å²) in [4.78, 5) is 40.0. The number of quaternary nitrogens is 1. The molecule has 0 aromatic rings. The van der Waals surface area contributed by atoms with Crippen molar-refractivity contribution in [2.75, 3.05) is 40.9 Å². The van der Waals surface area contributed by atoms with Crippen molar-refractivity contribution in [1.82, 2.24) is 5.32 Å². The lowest BCUT2D eigenvalue weighted by atomic mass is 10.0. The molecule has 1 amide bonds. The Labute approximate surface area is 471 Å². The fourth-order valence-corrected chi connectivity index (χ4v) is 9.94. The van der Waals surface area contributed by atoms with Crippen LogP contribution in [0.4, 0.5) is 0 Å². The Hall–Kier alpha value is -2.29. The molecule has 0 saturated carbocycles. The number of esters is 1. The molecule has 10 heteroatoms. The number of carbonyl (C=O) groups excluding carboxylic acids is 2. The third-order valence-electron chi connectivity index (χ3n) is 14.2. The Kier molecular flexibility index (Phi) is 54.3. The molecule has 0 spiro atoms. The maximum absolute atomic E-state index is 13.5. The summed E-state index contributed by atoms with van der Waals surface area (Å²) in [5.74, 6) is -0.540. The number of phosphoric ester groups is 1. The summed E-state index contributed by atoms with van der Waals surface area (Å²) in [5, 5.41) is 3.03. The minimum atomic E-state index is -4.70. The molecule has 0 aliphatic heterocycles. The van der Waals surface area contributed by atoms with E-state index < -0.39 is 20.0 Å². The van der Waals surface area contributed by atoms with Crippen LogP contribution in [0.3, 0.4) is 0 Å². The number of nitrogens with zero attached hydrogens (tertiary/aromatic N) is 1. The molecule has 9 nitrogen and oxygen atoms in total. The summed E-state index contributed by atoms with van der Waals surface area (Å²) in [7, 11) is 1.19. The summed E-state index contributed by atoms with van der Waals surface area (Å²) in [6, 6.07) is -0.889. The molecule has 0 aliphatic rings. The van der Waals surface area contributed by atoms with Crippen LogP contribution in [0.1, 0.15) is 297 Å². The molecule has 0 bridgehead atoms. The predicted molar refractivity (Wildman–Crippen MR) is 325 cm³/mol. The van der Waals surface area contributed by atoms with Gasteiger partial charge in [-0.3, -0.25) is 14.2 Å². The first-order valence-corrected chi connectivity index (χ1v) is 33.6.